The Bertz CT molecular complexity index is 1510. The fraction of sp³-hybridized carbons (Fsp3) is 0.314. The maximum Gasteiger partial charge on any atom is 0.251 e. The summed E-state index contributed by atoms with van der Waals surface area (Å²) in [4.78, 5) is 31.5. The van der Waals surface area contributed by atoms with E-state index in [1.807, 2.05) is 12.1 Å². The van der Waals surface area contributed by atoms with Crippen LogP contribution in [0, 0.1) is 23.3 Å². The lowest BCUT2D eigenvalue weighted by Crippen LogP contribution is -2.39. The van der Waals surface area contributed by atoms with Crippen molar-refractivity contribution in [3.8, 4) is 0 Å². The molecule has 5 nitrogen and oxygen atoms in total. The Morgan fingerprint density at radius 1 is 0.841 bits per heavy atom. The molecule has 9 heteroatoms. The number of Topliss-reactive ketones (excluding diaryl/α,β-unsaturated/α-hetero) is 1. The Morgan fingerprint density at radius 3 is 1.89 bits per heavy atom. The van der Waals surface area contributed by atoms with Gasteiger partial charge in [0.15, 0.2) is 29.1 Å². The SMILES string of the molecule is CCN(CCN1CCCC1)c1ccc(C(=O)NC2C/C(=C\c3ccc(F)c(F)c3)C(=O)/C(=C/c3ccc(F)c(F)c3)C2)cc1. The normalized spacial score (nSPS) is 19.1. The molecule has 44 heavy (non-hydrogen) atoms. The minimum atomic E-state index is -1.05. The number of rotatable bonds is 9. The van der Waals surface area contributed by atoms with Gasteiger partial charge < -0.3 is 15.1 Å². The number of amides is 1. The van der Waals surface area contributed by atoms with Crippen LogP contribution in [0.4, 0.5) is 23.2 Å². The van der Waals surface area contributed by atoms with E-state index < -0.39 is 29.3 Å². The van der Waals surface area contributed by atoms with Crippen molar-refractivity contribution in [2.24, 2.45) is 0 Å². The molecule has 230 valence electrons. The number of likely N-dealkylation sites (N-methyl/N-ethyl adjacent to an activating group) is 1. The summed E-state index contributed by atoms with van der Waals surface area (Å²) in [6.07, 6.45) is 5.70. The van der Waals surface area contributed by atoms with Crippen LogP contribution in [0.3, 0.4) is 0 Å². The number of likely N-dealkylation sites (tertiary alicyclic amines) is 1. The number of nitrogens with one attached hydrogen (secondary N) is 1. The van der Waals surface area contributed by atoms with Gasteiger partial charge in [-0.25, -0.2) is 17.6 Å². The van der Waals surface area contributed by atoms with Crippen molar-refractivity contribution in [3.05, 3.63) is 112 Å². The average molecular weight is 606 g/mol. The van der Waals surface area contributed by atoms with Gasteiger partial charge in [-0.15, -0.1) is 0 Å². The summed E-state index contributed by atoms with van der Waals surface area (Å²) in [6.45, 7) is 7.12. The molecule has 0 unspecified atom stereocenters. The molecule has 3 aromatic carbocycles. The van der Waals surface area contributed by atoms with Gasteiger partial charge in [-0.1, -0.05) is 12.1 Å². The first kappa shape index (κ1) is 31.2. The van der Waals surface area contributed by atoms with E-state index in [-0.39, 0.29) is 46.8 Å². The van der Waals surface area contributed by atoms with Gasteiger partial charge in [0.25, 0.3) is 5.91 Å². The Balaban J connectivity index is 1.34. The van der Waals surface area contributed by atoms with Crippen LogP contribution in [0.15, 0.2) is 71.8 Å². The molecule has 0 spiro atoms. The molecule has 2 aliphatic rings. The monoisotopic (exact) mass is 605 g/mol. The molecule has 1 aliphatic carbocycles. The Labute approximate surface area is 254 Å². The predicted octanol–water partition coefficient (Wildman–Crippen LogP) is 6.79. The smallest absolute Gasteiger partial charge is 0.251 e. The summed E-state index contributed by atoms with van der Waals surface area (Å²) < 4.78 is 54.8. The molecule has 3 aromatic rings. The van der Waals surface area contributed by atoms with Gasteiger partial charge in [-0.2, -0.15) is 0 Å². The Kier molecular flexibility index (Phi) is 9.95. The van der Waals surface area contributed by atoms with Gasteiger partial charge in [-0.05, 0) is 118 Å². The molecule has 1 heterocycles. The lowest BCUT2D eigenvalue weighted by molar-refractivity contribution is -0.113. The summed E-state index contributed by atoms with van der Waals surface area (Å²) in [6, 6.07) is 13.5. The molecule has 2 fully saturated rings. The van der Waals surface area contributed by atoms with Gasteiger partial charge in [0.1, 0.15) is 0 Å². The van der Waals surface area contributed by atoms with Crippen LogP contribution in [0.2, 0.25) is 0 Å². The molecule has 0 radical (unpaired) electrons. The zero-order valence-corrected chi connectivity index (χ0v) is 24.6. The van der Waals surface area contributed by atoms with Crippen LogP contribution in [-0.4, -0.2) is 55.4 Å². The van der Waals surface area contributed by atoms with Crippen LogP contribution in [-0.2, 0) is 4.79 Å². The third-order valence-electron chi connectivity index (χ3n) is 8.18. The predicted molar refractivity (Wildman–Crippen MR) is 164 cm³/mol. The Hall–Kier alpha value is -4.24. The van der Waals surface area contributed by atoms with E-state index >= 15 is 0 Å². The minimum absolute atomic E-state index is 0.150. The van der Waals surface area contributed by atoms with Gasteiger partial charge in [0, 0.05) is 48.1 Å². The number of carbonyl (C=O) groups excluding carboxylic acids is 2. The Morgan fingerprint density at radius 2 is 1.39 bits per heavy atom. The van der Waals surface area contributed by atoms with Gasteiger partial charge in [0.2, 0.25) is 0 Å². The van der Waals surface area contributed by atoms with Crippen LogP contribution >= 0.6 is 0 Å². The summed E-state index contributed by atoms with van der Waals surface area (Å²) in [5, 5.41) is 2.99. The first-order chi connectivity index (χ1) is 21.2. The number of ketones is 1. The number of carbonyl (C=O) groups is 2. The molecule has 1 saturated carbocycles. The molecule has 5 rings (SSSR count). The summed E-state index contributed by atoms with van der Waals surface area (Å²) >= 11 is 0. The van der Waals surface area contributed by atoms with Crippen molar-refractivity contribution in [2.45, 2.75) is 38.6 Å². The van der Waals surface area contributed by atoms with Gasteiger partial charge in [0.05, 0.1) is 0 Å². The second-order valence-electron chi connectivity index (χ2n) is 11.3. The second kappa shape index (κ2) is 14.0. The van der Waals surface area contributed by atoms with E-state index in [4.69, 9.17) is 0 Å². The van der Waals surface area contributed by atoms with Crippen LogP contribution in [0.1, 0.15) is 54.1 Å². The number of hydrogen-bond donors (Lipinski definition) is 1. The van der Waals surface area contributed by atoms with Gasteiger partial charge in [-0.3, -0.25) is 9.59 Å². The quantitative estimate of drug-likeness (QED) is 0.216. The molecule has 0 bridgehead atoms. The van der Waals surface area contributed by atoms with Crippen molar-refractivity contribution < 1.29 is 27.2 Å². The third kappa shape index (κ3) is 7.63. The molecule has 1 amide bonds. The molecule has 1 aliphatic heterocycles. The molecular formula is C35H35F4N3O2. The van der Waals surface area contributed by atoms with Crippen molar-refractivity contribution in [1.82, 2.24) is 10.2 Å². The standard InChI is InChI=1S/C35H35F4N3O2/c1-2-42(16-15-41-13-3-4-14-41)29-9-7-25(8-10-29)35(44)40-28-21-26(17-23-5-11-30(36)32(38)19-23)34(43)27(22-28)18-24-6-12-31(37)33(39)20-24/h5-12,17-20,28H,2-4,13-16,21-22H2,1H3,(H,40,44)/b26-17+,27-18+. The fourth-order valence-corrected chi connectivity index (χ4v) is 5.78. The van der Waals surface area contributed by atoms with Crippen molar-refractivity contribution in [3.63, 3.8) is 0 Å². The highest BCUT2D eigenvalue weighted by Gasteiger charge is 2.29. The minimum Gasteiger partial charge on any atom is -0.371 e. The van der Waals surface area contributed by atoms with Crippen LogP contribution in [0.25, 0.3) is 12.2 Å². The van der Waals surface area contributed by atoms with E-state index in [1.54, 1.807) is 12.1 Å². The zero-order chi connectivity index (χ0) is 31.2. The van der Waals surface area contributed by atoms with E-state index in [2.05, 4.69) is 22.0 Å². The zero-order valence-electron chi connectivity index (χ0n) is 24.6. The van der Waals surface area contributed by atoms with E-state index in [0.717, 1.165) is 62.7 Å². The highest BCUT2D eigenvalue weighted by Crippen LogP contribution is 2.30. The lowest BCUT2D eigenvalue weighted by Gasteiger charge is -2.27. The average Bonchev–Trinajstić information content (AvgIpc) is 3.53. The van der Waals surface area contributed by atoms with Crippen molar-refractivity contribution in [1.29, 1.82) is 0 Å². The summed E-state index contributed by atoms with van der Waals surface area (Å²) in [5.41, 5.74) is 2.60. The van der Waals surface area contributed by atoms with Crippen molar-refractivity contribution in [2.75, 3.05) is 37.6 Å². The van der Waals surface area contributed by atoms with Gasteiger partial charge >= 0.3 is 0 Å². The number of anilines is 1. The topological polar surface area (TPSA) is 52.6 Å². The molecule has 1 N–H and O–H groups in total. The highest BCUT2D eigenvalue weighted by atomic mass is 19.2. The van der Waals surface area contributed by atoms with Crippen LogP contribution in [0.5, 0.6) is 0 Å². The fourth-order valence-electron chi connectivity index (χ4n) is 5.78. The lowest BCUT2D eigenvalue weighted by atomic mass is 9.83. The second-order valence-corrected chi connectivity index (χ2v) is 11.3. The highest BCUT2D eigenvalue weighted by molar-refractivity contribution is 6.14. The third-order valence-corrected chi connectivity index (χ3v) is 8.18. The maximum atomic E-state index is 13.9. The number of halogens is 4. The maximum absolute atomic E-state index is 13.9. The van der Waals surface area contributed by atoms with Crippen molar-refractivity contribution >= 4 is 29.5 Å². The number of hydrogen-bond acceptors (Lipinski definition) is 4. The largest absolute Gasteiger partial charge is 0.371 e. The first-order valence-corrected chi connectivity index (χ1v) is 14.9. The van der Waals surface area contributed by atoms with E-state index in [1.165, 1.54) is 37.1 Å². The number of benzene rings is 3. The number of nitrogens with zero attached hydrogens (tertiary/aromatic N) is 2. The molecule has 0 atom stereocenters. The van der Waals surface area contributed by atoms with E-state index in [0.29, 0.717) is 5.56 Å². The van der Waals surface area contributed by atoms with E-state index in [9.17, 15) is 27.2 Å². The summed E-state index contributed by atoms with van der Waals surface area (Å²) in [5.74, 6) is -4.81. The first-order valence-electron chi connectivity index (χ1n) is 14.9. The summed E-state index contributed by atoms with van der Waals surface area (Å²) in [7, 11) is 0. The molecule has 0 aromatic heterocycles. The molecule has 1 saturated heterocycles. The molecular weight excluding hydrogens is 570 g/mol. The van der Waals surface area contributed by atoms with Crippen LogP contribution < -0.4 is 10.2 Å².